The molecule has 0 aliphatic carbocycles. The van der Waals surface area contributed by atoms with E-state index >= 15 is 0 Å². The lowest BCUT2D eigenvalue weighted by Crippen LogP contribution is -2.45. The molecule has 1 aliphatic heterocycles. The van der Waals surface area contributed by atoms with Crippen LogP contribution in [-0.2, 0) is 14.3 Å². The van der Waals surface area contributed by atoms with Gasteiger partial charge in [0.2, 0.25) is 0 Å². The number of carbonyl (C=O) groups is 2. The molecule has 188 valence electrons. The number of aromatic nitrogens is 1. The second kappa shape index (κ2) is 11.8. The number of aliphatic hydroxyl groups excluding tert-OH is 2. The van der Waals surface area contributed by atoms with Crippen LogP contribution in [0.2, 0.25) is 0 Å². The number of rotatable bonds is 2. The molecule has 0 bridgehead atoms. The Kier molecular flexibility index (Phi) is 9.59. The normalized spacial score (nSPS) is 32.6. The molecule has 0 unspecified atom stereocenters. The Morgan fingerprint density at radius 2 is 1.88 bits per heavy atom. The molecule has 0 saturated heterocycles. The van der Waals surface area contributed by atoms with Crippen molar-refractivity contribution in [1.82, 2.24) is 5.16 Å². The van der Waals surface area contributed by atoms with Gasteiger partial charge in [-0.15, -0.1) is 0 Å². The molecule has 0 spiro atoms. The Balaban J connectivity index is 2.37. The molecule has 2 N–H and O–H groups in total. The molecule has 2 rings (SSSR count). The molecule has 1 aromatic heterocycles. The first kappa shape index (κ1) is 27.7. The summed E-state index contributed by atoms with van der Waals surface area (Å²) in [5.74, 6) is -1.14. The van der Waals surface area contributed by atoms with Crippen molar-refractivity contribution in [2.75, 3.05) is 0 Å². The predicted octanol–water partition coefficient (Wildman–Crippen LogP) is 4.57. The van der Waals surface area contributed by atoms with Crippen molar-refractivity contribution in [2.45, 2.75) is 86.0 Å². The lowest BCUT2D eigenvalue weighted by Gasteiger charge is -2.34. The zero-order valence-electron chi connectivity index (χ0n) is 21.4. The van der Waals surface area contributed by atoms with Gasteiger partial charge in [0.1, 0.15) is 23.3 Å². The quantitative estimate of drug-likeness (QED) is 0.478. The molecular formula is C27H39NO6. The van der Waals surface area contributed by atoms with Crippen molar-refractivity contribution in [1.29, 1.82) is 0 Å². The summed E-state index contributed by atoms with van der Waals surface area (Å²) < 4.78 is 10.9. The van der Waals surface area contributed by atoms with Crippen LogP contribution in [0.5, 0.6) is 0 Å². The number of aryl methyl sites for hydroxylation is 1. The molecule has 0 saturated carbocycles. The third-order valence-electron chi connectivity index (χ3n) is 6.66. The average Bonchev–Trinajstić information content (AvgIpc) is 3.18. The van der Waals surface area contributed by atoms with Crippen LogP contribution in [0.25, 0.3) is 6.08 Å². The number of ketones is 1. The van der Waals surface area contributed by atoms with Gasteiger partial charge >= 0.3 is 5.97 Å². The van der Waals surface area contributed by atoms with Gasteiger partial charge in [0.05, 0.1) is 24.0 Å². The summed E-state index contributed by atoms with van der Waals surface area (Å²) in [5.41, 5.74) is 1.28. The fraction of sp³-hybridized carbons (Fsp3) is 0.593. The van der Waals surface area contributed by atoms with Crippen LogP contribution in [0.3, 0.4) is 0 Å². The van der Waals surface area contributed by atoms with Crippen molar-refractivity contribution in [3.8, 4) is 0 Å². The average molecular weight is 474 g/mol. The number of ether oxygens (including phenoxy) is 1. The minimum atomic E-state index is -1.25. The number of nitrogens with zero attached hydrogens (tertiary/aromatic N) is 1. The molecule has 7 heteroatoms. The standard InChI is InChI=1S/C27H39NO6/c1-16-9-8-10-17(2)25(31)20(5)26(32)27(6,7)23(29)15-24(30)33-22(12-11-16)18(3)13-21-14-19(4)34-28-21/h8,10-11,13-14,17,20,22-23,25,29,31H,9,12,15H2,1-7H3/b10-8+,16-11-,18-13+/t17-,20+,22-,23-,25-/m0/s1. The van der Waals surface area contributed by atoms with Gasteiger partial charge in [0.15, 0.2) is 0 Å². The van der Waals surface area contributed by atoms with Crippen molar-refractivity contribution in [3.63, 3.8) is 0 Å². The summed E-state index contributed by atoms with van der Waals surface area (Å²) in [4.78, 5) is 25.9. The van der Waals surface area contributed by atoms with E-state index in [2.05, 4.69) is 5.16 Å². The van der Waals surface area contributed by atoms with E-state index in [1.165, 1.54) is 0 Å². The summed E-state index contributed by atoms with van der Waals surface area (Å²) in [6, 6.07) is 1.79. The van der Waals surface area contributed by atoms with Gasteiger partial charge in [-0.2, -0.15) is 0 Å². The van der Waals surface area contributed by atoms with E-state index in [9.17, 15) is 19.8 Å². The van der Waals surface area contributed by atoms with Gasteiger partial charge < -0.3 is 19.5 Å². The second-order valence-electron chi connectivity index (χ2n) is 10.1. The number of Topliss-reactive ketones (excluding diaryl/α,β-unsaturated/α-hetero) is 1. The Morgan fingerprint density at radius 3 is 2.50 bits per heavy atom. The minimum absolute atomic E-state index is 0.235. The van der Waals surface area contributed by atoms with E-state index in [1.54, 1.807) is 33.8 Å². The maximum Gasteiger partial charge on any atom is 0.309 e. The monoisotopic (exact) mass is 473 g/mol. The predicted molar refractivity (Wildman–Crippen MR) is 131 cm³/mol. The zero-order valence-corrected chi connectivity index (χ0v) is 21.4. The molecule has 34 heavy (non-hydrogen) atoms. The Bertz CT molecular complexity index is 954. The number of hydrogen-bond donors (Lipinski definition) is 2. The fourth-order valence-electron chi connectivity index (χ4n) is 4.06. The van der Waals surface area contributed by atoms with Gasteiger partial charge in [0.25, 0.3) is 0 Å². The first-order chi connectivity index (χ1) is 15.8. The third kappa shape index (κ3) is 7.24. The molecule has 1 aliphatic rings. The Hall–Kier alpha value is -2.51. The van der Waals surface area contributed by atoms with Crippen LogP contribution in [0.4, 0.5) is 0 Å². The Labute approximate surface area is 202 Å². The summed E-state index contributed by atoms with van der Waals surface area (Å²) in [6.07, 6.45) is 5.83. The number of carbonyl (C=O) groups excluding carboxylic acids is 2. The highest BCUT2D eigenvalue weighted by molar-refractivity contribution is 5.88. The third-order valence-corrected chi connectivity index (χ3v) is 6.66. The smallest absolute Gasteiger partial charge is 0.309 e. The second-order valence-corrected chi connectivity index (χ2v) is 10.1. The van der Waals surface area contributed by atoms with Gasteiger partial charge in [-0.1, -0.05) is 56.7 Å². The van der Waals surface area contributed by atoms with E-state index < -0.39 is 35.6 Å². The molecular weight excluding hydrogens is 434 g/mol. The van der Waals surface area contributed by atoms with Gasteiger partial charge in [-0.25, -0.2) is 0 Å². The number of hydrogen-bond acceptors (Lipinski definition) is 7. The number of esters is 1. The first-order valence-corrected chi connectivity index (χ1v) is 11.9. The van der Waals surface area contributed by atoms with Crippen LogP contribution >= 0.6 is 0 Å². The van der Waals surface area contributed by atoms with E-state index in [-0.39, 0.29) is 18.1 Å². The first-order valence-electron chi connectivity index (χ1n) is 11.9. The summed E-state index contributed by atoms with van der Waals surface area (Å²) in [7, 11) is 0. The highest BCUT2D eigenvalue weighted by atomic mass is 16.5. The highest BCUT2D eigenvalue weighted by Crippen LogP contribution is 2.31. The van der Waals surface area contributed by atoms with Crippen molar-refractivity contribution >= 4 is 17.8 Å². The fourth-order valence-corrected chi connectivity index (χ4v) is 4.06. The molecule has 2 heterocycles. The van der Waals surface area contributed by atoms with Crippen molar-refractivity contribution < 1.29 is 29.1 Å². The molecule has 0 aromatic carbocycles. The number of allylic oxidation sites excluding steroid dienone is 2. The largest absolute Gasteiger partial charge is 0.457 e. The van der Waals surface area contributed by atoms with Crippen LogP contribution < -0.4 is 0 Å². The zero-order chi connectivity index (χ0) is 25.6. The molecule has 0 radical (unpaired) electrons. The lowest BCUT2D eigenvalue weighted by atomic mass is 9.73. The topological polar surface area (TPSA) is 110 Å². The van der Waals surface area contributed by atoms with Crippen LogP contribution in [0.1, 0.15) is 72.3 Å². The molecule has 7 nitrogen and oxygen atoms in total. The van der Waals surface area contributed by atoms with Crippen molar-refractivity contribution in [2.24, 2.45) is 17.3 Å². The number of aliphatic hydroxyl groups is 2. The number of cyclic esters (lactones) is 1. The molecule has 0 fully saturated rings. The minimum Gasteiger partial charge on any atom is -0.457 e. The van der Waals surface area contributed by atoms with Crippen molar-refractivity contribution in [3.05, 3.63) is 46.9 Å². The van der Waals surface area contributed by atoms with E-state index in [1.807, 2.05) is 45.1 Å². The van der Waals surface area contributed by atoms with E-state index in [0.29, 0.717) is 24.3 Å². The molecule has 5 atom stereocenters. The molecule has 1 aromatic rings. The SMILES string of the molecule is C/C1=C/C[C@@H](/C(C)=C/c2cc(C)on2)OC(=O)C[C@H](O)C(C)(C)C(=O)[C@H](C)[C@@H](O)[C@@H](C)/C=C/C1. The van der Waals surface area contributed by atoms with Crippen LogP contribution in [-0.4, -0.2) is 45.4 Å². The molecule has 0 amide bonds. The van der Waals surface area contributed by atoms with Crippen LogP contribution in [0.15, 0.2) is 40.0 Å². The summed E-state index contributed by atoms with van der Waals surface area (Å²) >= 11 is 0. The van der Waals surface area contributed by atoms with E-state index in [4.69, 9.17) is 9.26 Å². The van der Waals surface area contributed by atoms with Crippen LogP contribution in [0, 0.1) is 24.2 Å². The maximum atomic E-state index is 13.1. The lowest BCUT2D eigenvalue weighted by molar-refractivity contribution is -0.154. The highest BCUT2D eigenvalue weighted by Gasteiger charge is 2.42. The van der Waals surface area contributed by atoms with E-state index in [0.717, 1.165) is 11.1 Å². The van der Waals surface area contributed by atoms with Gasteiger partial charge in [0, 0.05) is 24.3 Å². The maximum absolute atomic E-state index is 13.1. The van der Waals surface area contributed by atoms with Gasteiger partial charge in [-0.3, -0.25) is 9.59 Å². The summed E-state index contributed by atoms with van der Waals surface area (Å²) in [6.45, 7) is 12.4. The van der Waals surface area contributed by atoms with Gasteiger partial charge in [-0.05, 0) is 38.8 Å². The summed E-state index contributed by atoms with van der Waals surface area (Å²) in [5, 5.41) is 25.5. The Morgan fingerprint density at radius 1 is 1.21 bits per heavy atom.